The monoisotopic (exact) mass is 412 g/mol. The van der Waals surface area contributed by atoms with E-state index in [9.17, 15) is 4.79 Å². The maximum Gasteiger partial charge on any atom is 0.277 e. The number of aromatic nitrogens is 3. The minimum Gasteiger partial charge on any atom is -0.411 e. The predicted molar refractivity (Wildman–Crippen MR) is 112 cm³/mol. The lowest BCUT2D eigenvalue weighted by Gasteiger charge is -2.11. The minimum atomic E-state index is -0.189. The molecule has 0 radical (unpaired) electrons. The molecule has 142 valence electrons. The van der Waals surface area contributed by atoms with Gasteiger partial charge in [0.15, 0.2) is 0 Å². The van der Waals surface area contributed by atoms with E-state index in [1.165, 1.54) is 11.8 Å². The summed E-state index contributed by atoms with van der Waals surface area (Å²) in [6.45, 7) is 3.87. The van der Waals surface area contributed by atoms with Crippen LogP contribution in [-0.2, 0) is 4.79 Å². The predicted octanol–water partition coefficient (Wildman–Crippen LogP) is 5.22. The molecule has 0 bridgehead atoms. The molecule has 0 fully saturated rings. The number of halogens is 1. The van der Waals surface area contributed by atoms with Crippen molar-refractivity contribution in [2.45, 2.75) is 19.1 Å². The number of hydrogen-bond acceptors (Lipinski definition) is 5. The quantitative estimate of drug-likeness (QED) is 0.439. The van der Waals surface area contributed by atoms with E-state index in [4.69, 9.17) is 16.0 Å². The van der Waals surface area contributed by atoms with E-state index in [-0.39, 0.29) is 11.7 Å². The molecule has 4 aromatic rings. The molecule has 1 amide bonds. The van der Waals surface area contributed by atoms with Crippen LogP contribution in [0.5, 0.6) is 0 Å². The van der Waals surface area contributed by atoms with Crippen LogP contribution in [0.15, 0.2) is 52.2 Å². The highest BCUT2D eigenvalue weighted by Crippen LogP contribution is 2.30. The van der Waals surface area contributed by atoms with Crippen molar-refractivity contribution in [3.63, 3.8) is 0 Å². The number of para-hydroxylation sites is 1. The molecule has 0 atom stereocenters. The molecular formula is C20H17ClN4O2S. The highest BCUT2D eigenvalue weighted by molar-refractivity contribution is 7.99. The number of nitrogens with one attached hydrogen (secondary N) is 2. The lowest BCUT2D eigenvalue weighted by Crippen LogP contribution is -2.15. The first-order valence-electron chi connectivity index (χ1n) is 8.60. The third kappa shape index (κ3) is 3.76. The summed E-state index contributed by atoms with van der Waals surface area (Å²) in [4.78, 5) is 15.5. The van der Waals surface area contributed by atoms with Crippen molar-refractivity contribution in [3.8, 4) is 11.5 Å². The first-order valence-corrected chi connectivity index (χ1v) is 9.97. The topological polar surface area (TPSA) is 83.8 Å². The smallest absolute Gasteiger partial charge is 0.277 e. The Kier molecular flexibility index (Phi) is 5.11. The number of fused-ring (bicyclic) bond motifs is 1. The molecule has 2 N–H and O–H groups in total. The van der Waals surface area contributed by atoms with Gasteiger partial charge in [-0.2, -0.15) is 0 Å². The zero-order chi connectivity index (χ0) is 19.7. The zero-order valence-electron chi connectivity index (χ0n) is 15.2. The summed E-state index contributed by atoms with van der Waals surface area (Å²) in [6.07, 6.45) is 1.83. The van der Waals surface area contributed by atoms with E-state index in [1.54, 1.807) is 0 Å². The number of anilines is 1. The fraction of sp³-hybridized carbons (Fsp3) is 0.150. The standard InChI is InChI=1S/C20H17ClN4O2S/c1-11-7-12(2)18(15(21)8-11)23-17(26)10-28-20-25-24-19(27-20)14-9-22-16-6-4-3-5-13(14)16/h3-9,22H,10H2,1-2H3,(H,23,26). The molecule has 0 aliphatic carbocycles. The van der Waals surface area contributed by atoms with Gasteiger partial charge in [-0.3, -0.25) is 4.79 Å². The van der Waals surface area contributed by atoms with E-state index in [2.05, 4.69) is 20.5 Å². The average Bonchev–Trinajstić information content (AvgIpc) is 3.29. The van der Waals surface area contributed by atoms with Gasteiger partial charge in [0, 0.05) is 17.1 Å². The zero-order valence-corrected chi connectivity index (χ0v) is 16.8. The second-order valence-corrected chi connectivity index (χ2v) is 7.73. The maximum absolute atomic E-state index is 12.3. The summed E-state index contributed by atoms with van der Waals surface area (Å²) in [7, 11) is 0. The minimum absolute atomic E-state index is 0.138. The number of carbonyl (C=O) groups is 1. The summed E-state index contributed by atoms with van der Waals surface area (Å²) in [5.41, 5.74) is 4.42. The molecule has 6 nitrogen and oxygen atoms in total. The molecule has 0 spiro atoms. The molecule has 0 saturated heterocycles. The summed E-state index contributed by atoms with van der Waals surface area (Å²) < 4.78 is 5.71. The third-order valence-electron chi connectivity index (χ3n) is 4.25. The van der Waals surface area contributed by atoms with Crippen molar-refractivity contribution >= 4 is 45.9 Å². The van der Waals surface area contributed by atoms with Crippen molar-refractivity contribution in [2.24, 2.45) is 0 Å². The van der Waals surface area contributed by atoms with Crippen LogP contribution in [0.25, 0.3) is 22.4 Å². The fourth-order valence-corrected chi connectivity index (χ4v) is 3.93. The van der Waals surface area contributed by atoms with Gasteiger partial charge in [0.1, 0.15) is 0 Å². The van der Waals surface area contributed by atoms with Crippen LogP contribution in [0.3, 0.4) is 0 Å². The van der Waals surface area contributed by atoms with Crippen LogP contribution in [0, 0.1) is 13.8 Å². The number of hydrogen-bond donors (Lipinski definition) is 2. The molecule has 4 rings (SSSR count). The van der Waals surface area contributed by atoms with Gasteiger partial charge >= 0.3 is 0 Å². The van der Waals surface area contributed by atoms with Crippen LogP contribution in [0.1, 0.15) is 11.1 Å². The van der Waals surface area contributed by atoms with Gasteiger partial charge in [-0.15, -0.1) is 10.2 Å². The first kappa shape index (κ1) is 18.6. The number of carbonyl (C=O) groups excluding carboxylic acids is 1. The largest absolute Gasteiger partial charge is 0.411 e. The van der Waals surface area contributed by atoms with Gasteiger partial charge in [0.25, 0.3) is 11.1 Å². The number of thioether (sulfide) groups is 1. The highest BCUT2D eigenvalue weighted by Gasteiger charge is 2.15. The van der Waals surface area contributed by atoms with E-state index in [1.807, 2.05) is 56.4 Å². The normalized spacial score (nSPS) is 11.1. The second kappa shape index (κ2) is 7.69. The Balaban J connectivity index is 1.43. The van der Waals surface area contributed by atoms with E-state index in [0.29, 0.717) is 21.8 Å². The van der Waals surface area contributed by atoms with E-state index >= 15 is 0 Å². The molecule has 0 unspecified atom stereocenters. The Bertz CT molecular complexity index is 1140. The van der Waals surface area contributed by atoms with Gasteiger partial charge < -0.3 is 14.7 Å². The Morgan fingerprint density at radius 3 is 2.89 bits per heavy atom. The van der Waals surface area contributed by atoms with Crippen LogP contribution < -0.4 is 5.32 Å². The molecule has 8 heteroatoms. The number of aryl methyl sites for hydroxylation is 2. The number of nitrogens with zero attached hydrogens (tertiary/aromatic N) is 2. The second-order valence-electron chi connectivity index (χ2n) is 6.40. The Labute approximate surface area is 170 Å². The number of rotatable bonds is 5. The average molecular weight is 413 g/mol. The van der Waals surface area contributed by atoms with Gasteiger partial charge in [0.2, 0.25) is 5.91 Å². The van der Waals surface area contributed by atoms with Crippen LogP contribution in [-0.4, -0.2) is 26.8 Å². The Morgan fingerprint density at radius 1 is 1.25 bits per heavy atom. The number of benzene rings is 2. The fourth-order valence-electron chi connectivity index (χ4n) is 3.00. The first-order chi connectivity index (χ1) is 13.5. The van der Waals surface area contributed by atoms with Crippen molar-refractivity contribution in [1.29, 1.82) is 0 Å². The van der Waals surface area contributed by atoms with Crippen LogP contribution in [0.4, 0.5) is 5.69 Å². The maximum atomic E-state index is 12.3. The van der Waals surface area contributed by atoms with Crippen molar-refractivity contribution < 1.29 is 9.21 Å². The van der Waals surface area contributed by atoms with Crippen molar-refractivity contribution in [3.05, 3.63) is 58.7 Å². The Hall–Kier alpha value is -2.77. The molecule has 0 aliphatic heterocycles. The van der Waals surface area contributed by atoms with Crippen molar-refractivity contribution in [1.82, 2.24) is 15.2 Å². The van der Waals surface area contributed by atoms with Gasteiger partial charge in [-0.05, 0) is 37.1 Å². The van der Waals surface area contributed by atoms with Gasteiger partial charge in [-0.1, -0.05) is 47.6 Å². The molecule has 2 heterocycles. The highest BCUT2D eigenvalue weighted by atomic mass is 35.5. The van der Waals surface area contributed by atoms with Gasteiger partial charge in [0.05, 0.1) is 22.0 Å². The lowest BCUT2D eigenvalue weighted by atomic mass is 10.1. The summed E-state index contributed by atoms with van der Waals surface area (Å²) >= 11 is 7.42. The molecule has 2 aromatic heterocycles. The summed E-state index contributed by atoms with van der Waals surface area (Å²) in [5.74, 6) is 0.364. The lowest BCUT2D eigenvalue weighted by molar-refractivity contribution is -0.113. The number of amides is 1. The summed E-state index contributed by atoms with van der Waals surface area (Å²) in [6, 6.07) is 11.7. The van der Waals surface area contributed by atoms with Crippen LogP contribution >= 0.6 is 23.4 Å². The third-order valence-corrected chi connectivity index (χ3v) is 5.37. The molecule has 0 aliphatic rings. The molecule has 2 aromatic carbocycles. The SMILES string of the molecule is Cc1cc(C)c(NC(=O)CSc2nnc(-c3c[nH]c4ccccc34)o2)c(Cl)c1. The molecule has 28 heavy (non-hydrogen) atoms. The molecular weight excluding hydrogens is 396 g/mol. The van der Waals surface area contributed by atoms with Gasteiger partial charge in [-0.25, -0.2) is 0 Å². The molecule has 0 saturated carbocycles. The van der Waals surface area contributed by atoms with E-state index < -0.39 is 0 Å². The van der Waals surface area contributed by atoms with Crippen LogP contribution in [0.2, 0.25) is 5.02 Å². The number of aromatic amines is 1. The number of H-pyrrole nitrogens is 1. The van der Waals surface area contributed by atoms with E-state index in [0.717, 1.165) is 27.6 Å². The Morgan fingerprint density at radius 2 is 2.07 bits per heavy atom. The van der Waals surface area contributed by atoms with Crippen molar-refractivity contribution in [2.75, 3.05) is 11.1 Å². The summed E-state index contributed by atoms with van der Waals surface area (Å²) in [5, 5.41) is 12.8.